The fraction of sp³-hybridized carbons (Fsp3) is 0.250. The Morgan fingerprint density at radius 1 is 1.30 bits per heavy atom. The number of benzene rings is 1. The monoisotopic (exact) mass is 344 g/mol. The van der Waals surface area contributed by atoms with Gasteiger partial charge in [-0.1, -0.05) is 0 Å². The van der Waals surface area contributed by atoms with Crippen LogP contribution in [0.2, 0.25) is 0 Å². The van der Waals surface area contributed by atoms with Gasteiger partial charge in [0.05, 0.1) is 34.3 Å². The lowest BCUT2D eigenvalue weighted by atomic mass is 10.3. The summed E-state index contributed by atoms with van der Waals surface area (Å²) in [6.07, 6.45) is 0. The molecule has 1 rings (SSSR count). The molecule has 1 unspecified atom stereocenters. The van der Waals surface area contributed by atoms with Crippen molar-refractivity contribution in [1.29, 1.82) is 0 Å². The summed E-state index contributed by atoms with van der Waals surface area (Å²) in [6.45, 7) is -0.621. The van der Waals surface area contributed by atoms with Crippen LogP contribution in [0.15, 0.2) is 28.0 Å². The van der Waals surface area contributed by atoms with Gasteiger partial charge in [-0.05, 0) is 18.2 Å². The molecule has 0 bridgehead atoms. The predicted molar refractivity (Wildman–Crippen MR) is 67.6 cm³/mol. The zero-order valence-corrected chi connectivity index (χ0v) is 12.2. The first kappa shape index (κ1) is 17.0. The van der Waals surface area contributed by atoms with Crippen LogP contribution in [0.5, 0.6) is 0 Å². The number of hydrogen-bond donors (Lipinski definition) is 2. The van der Waals surface area contributed by atoms with Crippen LogP contribution in [0.4, 0.5) is 5.69 Å². The molecule has 0 aliphatic rings. The minimum absolute atomic E-state index is 0.316. The minimum Gasteiger partial charge on any atom is -0.750 e. The maximum Gasteiger partial charge on any atom is 0.296 e. The highest BCUT2D eigenvalue weighted by Gasteiger charge is 2.20. The Morgan fingerprint density at radius 2 is 1.90 bits per heavy atom. The summed E-state index contributed by atoms with van der Waals surface area (Å²) in [4.78, 5) is -1.17. The van der Waals surface area contributed by atoms with Crippen molar-refractivity contribution < 1.29 is 34.3 Å². The summed E-state index contributed by atoms with van der Waals surface area (Å²) >= 11 is -2.85. The van der Waals surface area contributed by atoms with Crippen molar-refractivity contribution >= 4 is 37.0 Å². The van der Waals surface area contributed by atoms with Crippen LogP contribution < -0.4 is 5.73 Å². The highest BCUT2D eigenvalue weighted by Crippen LogP contribution is 2.23. The summed E-state index contributed by atoms with van der Waals surface area (Å²) < 4.78 is 78.8. The molecular formula is C8H10NO8S3-. The van der Waals surface area contributed by atoms with Gasteiger partial charge in [-0.3, -0.25) is 8.74 Å². The second kappa shape index (κ2) is 6.15. The van der Waals surface area contributed by atoms with Crippen molar-refractivity contribution in [2.45, 2.75) is 9.79 Å². The second-order valence-corrected chi connectivity index (χ2v) is 7.66. The van der Waals surface area contributed by atoms with Crippen molar-refractivity contribution in [2.75, 3.05) is 18.1 Å². The average molecular weight is 344 g/mol. The van der Waals surface area contributed by atoms with E-state index in [1.54, 1.807) is 0 Å². The summed E-state index contributed by atoms with van der Waals surface area (Å²) in [7, 11) is -8.65. The van der Waals surface area contributed by atoms with Crippen molar-refractivity contribution in [3.8, 4) is 0 Å². The van der Waals surface area contributed by atoms with E-state index < -0.39 is 53.5 Å². The van der Waals surface area contributed by atoms with Gasteiger partial charge in [0.25, 0.3) is 10.1 Å². The lowest BCUT2D eigenvalue weighted by molar-refractivity contribution is 0.318. The maximum atomic E-state index is 11.8. The van der Waals surface area contributed by atoms with Gasteiger partial charge in [0.1, 0.15) is 4.90 Å². The van der Waals surface area contributed by atoms with Crippen LogP contribution in [0.3, 0.4) is 0 Å². The molecule has 0 saturated heterocycles. The van der Waals surface area contributed by atoms with E-state index in [1.807, 2.05) is 0 Å². The number of sulfone groups is 1. The highest BCUT2D eigenvalue weighted by molar-refractivity contribution is 7.91. The topological polar surface area (TPSA) is 164 Å². The molecule has 0 aliphatic carbocycles. The third-order valence-corrected chi connectivity index (χ3v) is 5.10. The Kier molecular flexibility index (Phi) is 5.23. The lowest BCUT2D eigenvalue weighted by Gasteiger charge is -2.09. The first-order valence-electron chi connectivity index (χ1n) is 4.86. The van der Waals surface area contributed by atoms with E-state index in [1.165, 1.54) is 0 Å². The number of nitrogens with two attached hydrogens (primary N) is 1. The van der Waals surface area contributed by atoms with Crippen LogP contribution >= 0.6 is 0 Å². The molecule has 0 aromatic heterocycles. The summed E-state index contributed by atoms with van der Waals surface area (Å²) in [5.41, 5.74) is 5.00. The quantitative estimate of drug-likeness (QED) is 0.378. The molecule has 0 saturated carbocycles. The van der Waals surface area contributed by atoms with Gasteiger partial charge in [-0.15, -0.1) is 0 Å². The third kappa shape index (κ3) is 4.50. The number of nitrogen functional groups attached to an aromatic ring is 1. The van der Waals surface area contributed by atoms with Gasteiger partial charge in [0, 0.05) is 0 Å². The molecule has 3 N–H and O–H groups in total. The standard InChI is InChI=1S/C8H11NO8S3/c9-7-2-1-6(5-8(7)20(14,15)16)19(12,13)4-3-17-18(10)11/h1-2,5H,3-4,9H2,(H,10,11)(H,14,15,16)/p-1. The fourth-order valence-corrected chi connectivity index (χ4v) is 3.41. The minimum atomic E-state index is -4.67. The normalized spacial score (nSPS) is 14.1. The summed E-state index contributed by atoms with van der Waals surface area (Å²) in [5, 5.41) is 0. The van der Waals surface area contributed by atoms with E-state index in [4.69, 9.17) is 10.3 Å². The van der Waals surface area contributed by atoms with Gasteiger partial charge in [0.2, 0.25) is 0 Å². The van der Waals surface area contributed by atoms with Gasteiger partial charge in [-0.25, -0.2) is 12.6 Å². The van der Waals surface area contributed by atoms with Gasteiger partial charge < -0.3 is 10.3 Å². The third-order valence-electron chi connectivity index (χ3n) is 2.15. The maximum absolute atomic E-state index is 11.8. The summed E-state index contributed by atoms with van der Waals surface area (Å²) in [6, 6.07) is 2.73. The van der Waals surface area contributed by atoms with E-state index in [-0.39, 0.29) is 5.69 Å². The van der Waals surface area contributed by atoms with E-state index in [9.17, 15) is 25.6 Å². The zero-order chi connectivity index (χ0) is 15.6. The molecule has 0 spiro atoms. The molecule has 9 nitrogen and oxygen atoms in total. The molecule has 114 valence electrons. The molecule has 0 fully saturated rings. The average Bonchev–Trinajstić information content (AvgIpc) is 2.26. The molecule has 1 aromatic rings. The molecular weight excluding hydrogens is 334 g/mol. The van der Waals surface area contributed by atoms with Crippen LogP contribution in [-0.4, -0.2) is 42.5 Å². The largest absolute Gasteiger partial charge is 0.750 e. The first-order chi connectivity index (χ1) is 9.04. The Bertz CT molecular complexity index is 724. The number of rotatable bonds is 6. The Hall–Kier alpha value is -1.05. The van der Waals surface area contributed by atoms with Gasteiger partial charge in [-0.2, -0.15) is 8.42 Å². The Balaban J connectivity index is 3.11. The molecule has 1 aromatic carbocycles. The molecule has 1 atom stereocenters. The van der Waals surface area contributed by atoms with Crippen molar-refractivity contribution in [1.82, 2.24) is 0 Å². The molecule has 0 amide bonds. The van der Waals surface area contributed by atoms with Crippen molar-refractivity contribution in [3.63, 3.8) is 0 Å². The number of hydrogen-bond acceptors (Lipinski definition) is 8. The van der Waals surface area contributed by atoms with E-state index in [0.717, 1.165) is 12.1 Å². The fourth-order valence-electron chi connectivity index (χ4n) is 1.26. The van der Waals surface area contributed by atoms with Crippen LogP contribution in [0.1, 0.15) is 0 Å². The van der Waals surface area contributed by atoms with Crippen molar-refractivity contribution in [2.24, 2.45) is 0 Å². The van der Waals surface area contributed by atoms with Gasteiger partial charge in [0.15, 0.2) is 9.84 Å². The highest BCUT2D eigenvalue weighted by atomic mass is 32.2. The van der Waals surface area contributed by atoms with Gasteiger partial charge >= 0.3 is 0 Å². The Labute approximate surface area is 117 Å². The lowest BCUT2D eigenvalue weighted by Crippen LogP contribution is -2.14. The smallest absolute Gasteiger partial charge is 0.296 e. The Morgan fingerprint density at radius 3 is 2.40 bits per heavy atom. The van der Waals surface area contributed by atoms with Crippen LogP contribution in [-0.2, 0) is 35.5 Å². The summed E-state index contributed by atoms with van der Waals surface area (Å²) in [5.74, 6) is -0.685. The molecule has 0 heterocycles. The van der Waals surface area contributed by atoms with Crippen LogP contribution in [0.25, 0.3) is 0 Å². The predicted octanol–water partition coefficient (Wildman–Crippen LogP) is -0.900. The first-order valence-corrected chi connectivity index (χ1v) is 8.95. The molecule has 12 heteroatoms. The molecule has 0 aliphatic heterocycles. The second-order valence-electron chi connectivity index (χ2n) is 3.52. The number of anilines is 1. The SMILES string of the molecule is Nc1ccc(S(=O)(=O)CCOS(=O)[O-])cc1S(=O)(=O)O. The molecule has 0 radical (unpaired) electrons. The van der Waals surface area contributed by atoms with Crippen LogP contribution in [0, 0.1) is 0 Å². The van der Waals surface area contributed by atoms with Crippen molar-refractivity contribution in [3.05, 3.63) is 18.2 Å². The van der Waals surface area contributed by atoms with E-state index in [0.29, 0.717) is 6.07 Å². The van der Waals surface area contributed by atoms with E-state index >= 15 is 0 Å². The zero-order valence-electron chi connectivity index (χ0n) is 9.75. The molecule has 20 heavy (non-hydrogen) atoms. The van der Waals surface area contributed by atoms with E-state index in [2.05, 4.69) is 4.18 Å².